The van der Waals surface area contributed by atoms with E-state index in [4.69, 9.17) is 15.0 Å². The Balaban J connectivity index is 0. The van der Waals surface area contributed by atoms with Crippen molar-refractivity contribution in [2.75, 3.05) is 0 Å². The van der Waals surface area contributed by atoms with Crippen LogP contribution in [0.25, 0.3) is 0 Å². The van der Waals surface area contributed by atoms with Crippen molar-refractivity contribution in [1.29, 1.82) is 0 Å². The summed E-state index contributed by atoms with van der Waals surface area (Å²) in [5, 5.41) is 15.4. The molecule has 0 unspecified atom stereocenters. The van der Waals surface area contributed by atoms with Crippen LogP contribution in [-0.4, -0.2) is 28.2 Å². The van der Waals surface area contributed by atoms with Crippen LogP contribution in [0.15, 0.2) is 0 Å². The van der Waals surface area contributed by atoms with Gasteiger partial charge in [-0.1, -0.05) is 0 Å². The zero-order chi connectivity index (χ0) is 9.44. The van der Waals surface area contributed by atoms with Crippen LogP contribution in [0.1, 0.15) is 6.42 Å². The Hall–Kier alpha value is -1.79. The smallest absolute Gasteiger partial charge is 0.314 e. The Morgan fingerprint density at radius 3 is 1.18 bits per heavy atom. The number of carbonyl (C=O) groups is 3. The molecular weight excluding hydrogens is 156 g/mol. The monoisotopic (exact) mass is 164 g/mol. The highest BCUT2D eigenvalue weighted by molar-refractivity contribution is 5.88. The molecule has 7 heteroatoms. The number of rotatable bonds is 2. The predicted octanol–water partition coefficient (Wildman–Crippen LogP) is -1.43. The minimum absolute atomic E-state index is 0.806. The molecule has 0 spiro atoms. The van der Waals surface area contributed by atoms with E-state index in [2.05, 4.69) is 11.5 Å². The standard InChI is InChI=1S/C3H4O4.CH4N2O/c4-2(5)1-3(6)7;2-1(3)4/h1H2,(H,4,5)(H,6,7);(H4,2,3,4). The third-order valence-corrected chi connectivity index (χ3v) is 0.302. The fourth-order valence-electron chi connectivity index (χ4n) is 0.129. The fourth-order valence-corrected chi connectivity index (χ4v) is 0.129. The van der Waals surface area contributed by atoms with Crippen molar-refractivity contribution in [1.82, 2.24) is 0 Å². The second-order valence-electron chi connectivity index (χ2n) is 1.37. The summed E-state index contributed by atoms with van der Waals surface area (Å²) in [7, 11) is 0. The van der Waals surface area contributed by atoms with Gasteiger partial charge in [-0.25, -0.2) is 4.79 Å². The number of aliphatic carboxylic acids is 2. The molecule has 0 heterocycles. The summed E-state index contributed by atoms with van der Waals surface area (Å²) in [4.78, 5) is 27.9. The summed E-state index contributed by atoms with van der Waals surface area (Å²) in [6.07, 6.45) is -0.806. The Morgan fingerprint density at radius 2 is 1.18 bits per heavy atom. The predicted molar refractivity (Wildman–Crippen MR) is 33.7 cm³/mol. The zero-order valence-corrected chi connectivity index (χ0v) is 5.48. The quantitative estimate of drug-likeness (QED) is 0.370. The topological polar surface area (TPSA) is 144 Å². The van der Waals surface area contributed by atoms with Crippen LogP contribution >= 0.6 is 0 Å². The van der Waals surface area contributed by atoms with E-state index in [9.17, 15) is 9.59 Å². The molecule has 0 saturated heterocycles. The van der Waals surface area contributed by atoms with Crippen LogP contribution in [0.5, 0.6) is 0 Å². The number of urea groups is 1. The number of carboxylic acids is 2. The van der Waals surface area contributed by atoms with Gasteiger partial charge in [-0.3, -0.25) is 9.59 Å². The molecular formula is C4H8N2O5. The number of carboxylic acid groups (broad SMARTS) is 2. The van der Waals surface area contributed by atoms with Gasteiger partial charge in [0.15, 0.2) is 0 Å². The number of hydrogen-bond acceptors (Lipinski definition) is 3. The van der Waals surface area contributed by atoms with Crippen molar-refractivity contribution < 1.29 is 24.6 Å². The van der Waals surface area contributed by atoms with Crippen molar-refractivity contribution in [3.8, 4) is 0 Å². The van der Waals surface area contributed by atoms with Gasteiger partial charge in [0.2, 0.25) is 0 Å². The Morgan fingerprint density at radius 1 is 1.00 bits per heavy atom. The van der Waals surface area contributed by atoms with Crippen LogP contribution in [0.3, 0.4) is 0 Å². The Labute approximate surface area is 61.6 Å². The molecule has 6 N–H and O–H groups in total. The first-order chi connectivity index (χ1) is 4.86. The molecule has 0 rings (SSSR count). The fraction of sp³-hybridized carbons (Fsp3) is 0.250. The zero-order valence-electron chi connectivity index (χ0n) is 5.48. The minimum atomic E-state index is -1.31. The van der Waals surface area contributed by atoms with Crippen LogP contribution in [0.2, 0.25) is 0 Å². The van der Waals surface area contributed by atoms with Crippen LogP contribution in [0.4, 0.5) is 4.79 Å². The second kappa shape index (κ2) is 6.33. The van der Waals surface area contributed by atoms with E-state index in [0.717, 1.165) is 0 Å². The van der Waals surface area contributed by atoms with Gasteiger partial charge < -0.3 is 21.7 Å². The van der Waals surface area contributed by atoms with Crippen molar-refractivity contribution in [2.24, 2.45) is 11.5 Å². The lowest BCUT2D eigenvalue weighted by Crippen LogP contribution is -2.18. The molecule has 0 aliphatic rings. The molecule has 0 atom stereocenters. The third-order valence-electron chi connectivity index (χ3n) is 0.302. The number of hydrogen-bond donors (Lipinski definition) is 4. The molecule has 7 nitrogen and oxygen atoms in total. The maximum absolute atomic E-state index is 9.43. The maximum Gasteiger partial charge on any atom is 0.314 e. The summed E-state index contributed by atoms with van der Waals surface area (Å²) >= 11 is 0. The molecule has 0 aromatic carbocycles. The molecule has 0 aromatic rings. The van der Waals surface area contributed by atoms with E-state index in [1.54, 1.807) is 0 Å². The van der Waals surface area contributed by atoms with Gasteiger partial charge in [0.05, 0.1) is 0 Å². The van der Waals surface area contributed by atoms with Gasteiger partial charge in [0, 0.05) is 0 Å². The van der Waals surface area contributed by atoms with Gasteiger partial charge in [0.1, 0.15) is 6.42 Å². The highest BCUT2D eigenvalue weighted by Crippen LogP contribution is 1.74. The number of carbonyl (C=O) groups excluding carboxylic acids is 1. The van der Waals surface area contributed by atoms with Gasteiger partial charge in [-0.2, -0.15) is 0 Å². The van der Waals surface area contributed by atoms with Crippen molar-refractivity contribution >= 4 is 18.0 Å². The SMILES string of the molecule is NC(N)=O.O=C(O)CC(=O)O. The molecule has 0 fully saturated rings. The minimum Gasteiger partial charge on any atom is -0.481 e. The van der Waals surface area contributed by atoms with E-state index in [0.29, 0.717) is 0 Å². The molecule has 2 amide bonds. The first-order valence-electron chi connectivity index (χ1n) is 2.34. The van der Waals surface area contributed by atoms with Crippen molar-refractivity contribution in [3.05, 3.63) is 0 Å². The largest absolute Gasteiger partial charge is 0.481 e. The second-order valence-corrected chi connectivity index (χ2v) is 1.37. The maximum atomic E-state index is 9.43. The molecule has 64 valence electrons. The lowest BCUT2D eigenvalue weighted by molar-refractivity contribution is -0.147. The molecule has 0 saturated carbocycles. The Bertz CT molecular complexity index is 150. The van der Waals surface area contributed by atoms with Crippen molar-refractivity contribution in [3.63, 3.8) is 0 Å². The molecule has 0 bridgehead atoms. The van der Waals surface area contributed by atoms with E-state index in [1.165, 1.54) is 0 Å². The normalized spacial score (nSPS) is 7.27. The highest BCUT2D eigenvalue weighted by atomic mass is 16.4. The first-order valence-corrected chi connectivity index (χ1v) is 2.34. The third kappa shape index (κ3) is 64.8. The average molecular weight is 164 g/mol. The summed E-state index contributed by atoms with van der Waals surface area (Å²) in [5.41, 5.74) is 8.50. The highest BCUT2D eigenvalue weighted by Gasteiger charge is 2.01. The molecule has 11 heavy (non-hydrogen) atoms. The van der Waals surface area contributed by atoms with Gasteiger partial charge in [-0.05, 0) is 0 Å². The number of nitrogens with two attached hydrogens (primary N) is 2. The molecule has 0 radical (unpaired) electrons. The van der Waals surface area contributed by atoms with Crippen LogP contribution < -0.4 is 11.5 Å². The first kappa shape index (κ1) is 11.9. The van der Waals surface area contributed by atoms with Crippen molar-refractivity contribution in [2.45, 2.75) is 6.42 Å². The number of primary amides is 2. The molecule has 0 aliphatic carbocycles. The lowest BCUT2D eigenvalue weighted by atomic mass is 10.5. The summed E-state index contributed by atoms with van der Waals surface area (Å²) in [5.74, 6) is -2.62. The van der Waals surface area contributed by atoms with E-state index < -0.39 is 24.4 Å². The van der Waals surface area contributed by atoms with Gasteiger partial charge in [0.25, 0.3) is 0 Å². The summed E-state index contributed by atoms with van der Waals surface area (Å²) in [6, 6.07) is -0.833. The lowest BCUT2D eigenvalue weighted by Gasteiger charge is -1.80. The summed E-state index contributed by atoms with van der Waals surface area (Å²) < 4.78 is 0. The summed E-state index contributed by atoms with van der Waals surface area (Å²) in [6.45, 7) is 0. The molecule has 0 aromatic heterocycles. The van der Waals surface area contributed by atoms with Crippen LogP contribution in [0, 0.1) is 0 Å². The Kier molecular flexibility index (Phi) is 6.87. The van der Waals surface area contributed by atoms with E-state index in [-0.39, 0.29) is 0 Å². The number of amides is 2. The van der Waals surface area contributed by atoms with E-state index >= 15 is 0 Å². The average Bonchev–Trinajstić information content (AvgIpc) is 1.56. The molecule has 0 aliphatic heterocycles. The van der Waals surface area contributed by atoms with E-state index in [1.807, 2.05) is 0 Å². The van der Waals surface area contributed by atoms with Crippen LogP contribution in [-0.2, 0) is 9.59 Å². The van der Waals surface area contributed by atoms with Gasteiger partial charge >= 0.3 is 18.0 Å². The van der Waals surface area contributed by atoms with Gasteiger partial charge in [-0.15, -0.1) is 0 Å².